The van der Waals surface area contributed by atoms with E-state index in [9.17, 15) is 9.59 Å². The van der Waals surface area contributed by atoms with Gasteiger partial charge in [-0.3, -0.25) is 14.5 Å². The van der Waals surface area contributed by atoms with Crippen molar-refractivity contribution in [2.24, 2.45) is 0 Å². The molecule has 104 valence electrons. The average Bonchev–Trinajstić information content (AvgIpc) is 2.81. The lowest BCUT2D eigenvalue weighted by Gasteiger charge is -2.13. The Morgan fingerprint density at radius 3 is 2.90 bits per heavy atom. The number of likely N-dealkylation sites (tertiary alicyclic amines) is 1. The molecule has 2 rings (SSSR count). The molecule has 0 saturated carbocycles. The van der Waals surface area contributed by atoms with E-state index in [0.717, 1.165) is 17.7 Å². The number of nitriles is 1. The number of carbonyl (C=O) groups excluding carboxylic acids is 2. The second kappa shape index (κ2) is 6.06. The number of amides is 2. The molecule has 20 heavy (non-hydrogen) atoms. The third-order valence-corrected chi connectivity index (χ3v) is 4.09. The highest BCUT2D eigenvalue weighted by molar-refractivity contribution is 8.00. The van der Waals surface area contributed by atoms with E-state index < -0.39 is 0 Å². The summed E-state index contributed by atoms with van der Waals surface area (Å²) in [5.74, 6) is -0.178. The number of pyridine rings is 1. The van der Waals surface area contributed by atoms with Crippen LogP contribution in [0.3, 0.4) is 0 Å². The predicted octanol–water partition coefficient (Wildman–Crippen LogP) is 1.81. The first-order valence-electron chi connectivity index (χ1n) is 6.37. The number of rotatable bonds is 3. The maximum absolute atomic E-state index is 12.0. The molecule has 0 radical (unpaired) electrons. The smallest absolute Gasteiger partial charge is 0.239 e. The monoisotopic (exact) mass is 289 g/mol. The first kappa shape index (κ1) is 14.5. The number of aryl methyl sites for hydroxylation is 2. The van der Waals surface area contributed by atoms with Crippen molar-refractivity contribution in [3.05, 3.63) is 22.9 Å². The van der Waals surface area contributed by atoms with Crippen LogP contribution in [0.25, 0.3) is 0 Å². The van der Waals surface area contributed by atoms with Crippen LogP contribution in [0, 0.1) is 25.2 Å². The van der Waals surface area contributed by atoms with Crippen LogP contribution in [0.5, 0.6) is 0 Å². The Hall–Kier alpha value is -1.87. The van der Waals surface area contributed by atoms with Crippen molar-refractivity contribution in [2.45, 2.75) is 31.7 Å². The van der Waals surface area contributed by atoms with Crippen LogP contribution in [0.4, 0.5) is 0 Å². The van der Waals surface area contributed by atoms with Crippen molar-refractivity contribution in [2.75, 3.05) is 12.3 Å². The van der Waals surface area contributed by atoms with E-state index >= 15 is 0 Å². The molecular formula is C14H15N3O2S. The van der Waals surface area contributed by atoms with Crippen LogP contribution in [0.2, 0.25) is 0 Å². The fourth-order valence-electron chi connectivity index (χ4n) is 2.16. The highest BCUT2D eigenvalue weighted by Crippen LogP contribution is 2.24. The molecule has 0 aromatic carbocycles. The number of hydrogen-bond acceptors (Lipinski definition) is 5. The van der Waals surface area contributed by atoms with Gasteiger partial charge in [-0.25, -0.2) is 4.98 Å². The quantitative estimate of drug-likeness (QED) is 0.793. The second-order valence-corrected chi connectivity index (χ2v) is 5.67. The van der Waals surface area contributed by atoms with Crippen LogP contribution < -0.4 is 0 Å². The molecule has 0 bridgehead atoms. The summed E-state index contributed by atoms with van der Waals surface area (Å²) in [4.78, 5) is 29.1. The van der Waals surface area contributed by atoms with Gasteiger partial charge >= 0.3 is 0 Å². The van der Waals surface area contributed by atoms with Crippen LogP contribution in [0.15, 0.2) is 11.1 Å². The number of nitrogens with zero attached hydrogens (tertiary/aromatic N) is 3. The van der Waals surface area contributed by atoms with Crippen LogP contribution in [0.1, 0.15) is 29.7 Å². The van der Waals surface area contributed by atoms with Gasteiger partial charge in [-0.1, -0.05) is 11.8 Å². The van der Waals surface area contributed by atoms with Crippen molar-refractivity contribution in [1.82, 2.24) is 9.88 Å². The first-order valence-corrected chi connectivity index (χ1v) is 7.36. The molecule has 0 aliphatic carbocycles. The second-order valence-electron chi connectivity index (χ2n) is 4.70. The zero-order chi connectivity index (χ0) is 14.7. The number of imide groups is 1. The summed E-state index contributed by atoms with van der Waals surface area (Å²) in [7, 11) is 0. The van der Waals surface area contributed by atoms with Gasteiger partial charge in [-0.2, -0.15) is 5.26 Å². The van der Waals surface area contributed by atoms with E-state index in [2.05, 4.69) is 11.1 Å². The third kappa shape index (κ3) is 2.99. The SMILES string of the molecule is Cc1cc(C)c(C#N)c(SCC(=O)N2CCCC2=O)n1. The Morgan fingerprint density at radius 1 is 1.55 bits per heavy atom. The van der Waals surface area contributed by atoms with Crippen molar-refractivity contribution in [3.8, 4) is 6.07 Å². The summed E-state index contributed by atoms with van der Waals surface area (Å²) in [6.07, 6.45) is 1.18. The van der Waals surface area contributed by atoms with Gasteiger partial charge in [0.05, 0.1) is 11.3 Å². The normalized spacial score (nSPS) is 14.4. The summed E-state index contributed by atoms with van der Waals surface area (Å²) >= 11 is 1.22. The predicted molar refractivity (Wildman–Crippen MR) is 75.1 cm³/mol. The molecule has 1 aliphatic rings. The molecule has 1 aromatic rings. The Balaban J connectivity index is 2.09. The van der Waals surface area contributed by atoms with Crippen LogP contribution in [-0.2, 0) is 9.59 Å². The average molecular weight is 289 g/mol. The number of thioether (sulfide) groups is 1. The number of aromatic nitrogens is 1. The lowest BCUT2D eigenvalue weighted by atomic mass is 10.1. The molecule has 0 spiro atoms. The molecule has 2 amide bonds. The first-order chi connectivity index (χ1) is 9.52. The van der Waals surface area contributed by atoms with E-state index in [4.69, 9.17) is 5.26 Å². The van der Waals surface area contributed by atoms with E-state index in [-0.39, 0.29) is 17.6 Å². The number of carbonyl (C=O) groups is 2. The zero-order valence-electron chi connectivity index (χ0n) is 11.5. The van der Waals surface area contributed by atoms with Gasteiger partial charge in [0.1, 0.15) is 11.1 Å². The van der Waals surface area contributed by atoms with Gasteiger partial charge in [0, 0.05) is 18.7 Å². The van der Waals surface area contributed by atoms with Crippen molar-refractivity contribution < 1.29 is 9.59 Å². The van der Waals surface area contributed by atoms with Gasteiger partial charge in [0.2, 0.25) is 11.8 Å². The fourth-order valence-corrected chi connectivity index (χ4v) is 3.14. The topological polar surface area (TPSA) is 74.1 Å². The van der Waals surface area contributed by atoms with Crippen molar-refractivity contribution in [1.29, 1.82) is 5.26 Å². The molecule has 0 unspecified atom stereocenters. The van der Waals surface area contributed by atoms with E-state index in [0.29, 0.717) is 23.6 Å². The minimum Gasteiger partial charge on any atom is -0.282 e. The lowest BCUT2D eigenvalue weighted by Crippen LogP contribution is -2.33. The Labute approximate surface area is 122 Å². The Morgan fingerprint density at radius 2 is 2.30 bits per heavy atom. The maximum atomic E-state index is 12.0. The van der Waals surface area contributed by atoms with Gasteiger partial charge in [-0.05, 0) is 31.9 Å². The van der Waals surface area contributed by atoms with E-state index in [1.54, 1.807) is 0 Å². The van der Waals surface area contributed by atoms with Gasteiger partial charge in [0.15, 0.2) is 0 Å². The largest absolute Gasteiger partial charge is 0.282 e. The molecule has 1 aromatic heterocycles. The lowest BCUT2D eigenvalue weighted by molar-refractivity contribution is -0.140. The summed E-state index contributed by atoms with van der Waals surface area (Å²) < 4.78 is 0. The number of hydrogen-bond donors (Lipinski definition) is 0. The molecule has 6 heteroatoms. The van der Waals surface area contributed by atoms with Gasteiger partial charge in [-0.15, -0.1) is 0 Å². The molecule has 5 nitrogen and oxygen atoms in total. The van der Waals surface area contributed by atoms with Crippen molar-refractivity contribution >= 4 is 23.6 Å². The van der Waals surface area contributed by atoms with Crippen LogP contribution >= 0.6 is 11.8 Å². The summed E-state index contributed by atoms with van der Waals surface area (Å²) in [5.41, 5.74) is 2.17. The van der Waals surface area contributed by atoms with Gasteiger partial charge < -0.3 is 0 Å². The summed E-state index contributed by atoms with van der Waals surface area (Å²) in [6, 6.07) is 3.96. The Bertz CT molecular complexity index is 607. The summed E-state index contributed by atoms with van der Waals surface area (Å²) in [5, 5.41) is 9.72. The fraction of sp³-hybridized carbons (Fsp3) is 0.429. The molecule has 2 heterocycles. The van der Waals surface area contributed by atoms with Gasteiger partial charge in [0.25, 0.3) is 0 Å². The van der Waals surface area contributed by atoms with Crippen LogP contribution in [-0.4, -0.2) is 34.0 Å². The Kier molecular flexibility index (Phi) is 4.40. The third-order valence-electron chi connectivity index (χ3n) is 3.13. The highest BCUT2D eigenvalue weighted by atomic mass is 32.2. The molecule has 0 atom stereocenters. The molecule has 1 fully saturated rings. The molecule has 1 aliphatic heterocycles. The zero-order valence-corrected chi connectivity index (χ0v) is 12.3. The summed E-state index contributed by atoms with van der Waals surface area (Å²) in [6.45, 7) is 4.21. The molecule has 0 N–H and O–H groups in total. The molecular weight excluding hydrogens is 274 g/mol. The molecule has 1 saturated heterocycles. The van der Waals surface area contributed by atoms with Crippen molar-refractivity contribution in [3.63, 3.8) is 0 Å². The standard InChI is InChI=1S/C14H15N3O2S/c1-9-6-10(2)16-14(11(9)7-15)20-8-13(19)17-5-3-4-12(17)18/h6H,3-5,8H2,1-2H3. The minimum absolute atomic E-state index is 0.107. The minimum atomic E-state index is -0.206. The van der Waals surface area contributed by atoms with E-state index in [1.165, 1.54) is 16.7 Å². The van der Waals surface area contributed by atoms with E-state index in [1.807, 2.05) is 19.9 Å². The maximum Gasteiger partial charge on any atom is 0.239 e. The highest BCUT2D eigenvalue weighted by Gasteiger charge is 2.26.